The summed E-state index contributed by atoms with van der Waals surface area (Å²) in [5.41, 5.74) is 8.00. The highest BCUT2D eigenvalue weighted by Gasteiger charge is 2.19. The molecule has 0 aromatic heterocycles. The molecule has 0 spiro atoms. The van der Waals surface area contributed by atoms with Gasteiger partial charge in [0.1, 0.15) is 6.04 Å². The van der Waals surface area contributed by atoms with Gasteiger partial charge in [-0.1, -0.05) is 29.8 Å². The van der Waals surface area contributed by atoms with Gasteiger partial charge in [-0.25, -0.2) is 0 Å². The average molecular weight is 220 g/mol. The first-order chi connectivity index (χ1) is 7.60. The molecule has 1 aromatic rings. The number of hydrogen-bond donors (Lipinski definition) is 1. The molecule has 0 aliphatic carbocycles. The number of nitrogens with zero attached hydrogens (tertiary/aromatic N) is 1. The lowest BCUT2D eigenvalue weighted by Crippen LogP contribution is -2.38. The summed E-state index contributed by atoms with van der Waals surface area (Å²) in [6, 6.07) is 7.25. The van der Waals surface area contributed by atoms with Gasteiger partial charge in [0.25, 0.3) is 0 Å². The van der Waals surface area contributed by atoms with Crippen LogP contribution in [0.15, 0.2) is 24.3 Å². The van der Waals surface area contributed by atoms with Crippen LogP contribution >= 0.6 is 0 Å². The van der Waals surface area contributed by atoms with Crippen LogP contribution in [0.1, 0.15) is 31.0 Å². The van der Waals surface area contributed by atoms with Crippen LogP contribution in [0.2, 0.25) is 0 Å². The Balaban J connectivity index is 2.81. The Bertz CT molecular complexity index is 341. The molecule has 3 heteroatoms. The van der Waals surface area contributed by atoms with Gasteiger partial charge in [-0.15, -0.1) is 0 Å². The van der Waals surface area contributed by atoms with Crippen molar-refractivity contribution in [3.63, 3.8) is 0 Å². The monoisotopic (exact) mass is 220 g/mol. The Kier molecular flexibility index (Phi) is 4.50. The summed E-state index contributed by atoms with van der Waals surface area (Å²) in [5, 5.41) is 0. The number of nitrogens with two attached hydrogens (primary N) is 1. The zero-order chi connectivity index (χ0) is 12.1. The number of carbonyl (C=O) groups is 1. The van der Waals surface area contributed by atoms with Crippen molar-refractivity contribution < 1.29 is 4.79 Å². The molecule has 0 bridgehead atoms. The number of amides is 1. The van der Waals surface area contributed by atoms with Gasteiger partial charge in [0, 0.05) is 13.1 Å². The average Bonchev–Trinajstić information content (AvgIpc) is 2.30. The Morgan fingerprint density at radius 1 is 1.25 bits per heavy atom. The largest absolute Gasteiger partial charge is 0.342 e. The highest BCUT2D eigenvalue weighted by molar-refractivity contribution is 5.83. The van der Waals surface area contributed by atoms with Gasteiger partial charge in [-0.05, 0) is 26.3 Å². The maximum Gasteiger partial charge on any atom is 0.244 e. The Morgan fingerprint density at radius 3 is 2.19 bits per heavy atom. The van der Waals surface area contributed by atoms with Crippen LogP contribution in [-0.2, 0) is 4.79 Å². The lowest BCUT2D eigenvalue weighted by molar-refractivity contribution is -0.132. The zero-order valence-corrected chi connectivity index (χ0v) is 10.2. The first kappa shape index (κ1) is 12.7. The maximum atomic E-state index is 12.0. The Labute approximate surface area is 97.2 Å². The van der Waals surface area contributed by atoms with Crippen LogP contribution in [0.4, 0.5) is 0 Å². The lowest BCUT2D eigenvalue weighted by atomic mass is 10.0. The summed E-state index contributed by atoms with van der Waals surface area (Å²) in [5.74, 6) is -0.00569. The van der Waals surface area contributed by atoms with Gasteiger partial charge >= 0.3 is 0 Å². The van der Waals surface area contributed by atoms with Crippen LogP contribution in [0.25, 0.3) is 0 Å². The topological polar surface area (TPSA) is 46.3 Å². The second kappa shape index (κ2) is 5.66. The molecule has 0 aliphatic heterocycles. The van der Waals surface area contributed by atoms with Gasteiger partial charge in [-0.3, -0.25) is 4.79 Å². The molecule has 16 heavy (non-hydrogen) atoms. The van der Waals surface area contributed by atoms with Crippen LogP contribution in [-0.4, -0.2) is 23.9 Å². The van der Waals surface area contributed by atoms with Gasteiger partial charge in [0.05, 0.1) is 0 Å². The third kappa shape index (κ3) is 2.83. The van der Waals surface area contributed by atoms with E-state index in [1.165, 1.54) is 5.56 Å². The molecule has 0 saturated heterocycles. The normalized spacial score (nSPS) is 12.2. The molecule has 0 saturated carbocycles. The number of benzene rings is 1. The van der Waals surface area contributed by atoms with E-state index in [-0.39, 0.29) is 5.91 Å². The number of hydrogen-bond acceptors (Lipinski definition) is 2. The van der Waals surface area contributed by atoms with Crippen molar-refractivity contribution in [3.05, 3.63) is 35.4 Å². The summed E-state index contributed by atoms with van der Waals surface area (Å²) in [7, 11) is 0. The number of carbonyl (C=O) groups excluding carboxylic acids is 1. The molecule has 1 unspecified atom stereocenters. The molecule has 1 aromatic carbocycles. The minimum Gasteiger partial charge on any atom is -0.342 e. The fraction of sp³-hybridized carbons (Fsp3) is 0.462. The summed E-state index contributed by atoms with van der Waals surface area (Å²) in [6.45, 7) is 7.35. The number of aryl methyl sites for hydroxylation is 1. The van der Waals surface area contributed by atoms with E-state index in [0.717, 1.165) is 5.56 Å². The van der Waals surface area contributed by atoms with Gasteiger partial charge in [0.2, 0.25) is 5.91 Å². The second-order valence-corrected chi connectivity index (χ2v) is 3.90. The molecule has 0 heterocycles. The molecular formula is C13H20N2O. The number of likely N-dealkylation sites (N-methyl/N-ethyl adjacent to an activating group) is 1. The SMILES string of the molecule is CCN(CC)C(=O)C(N)c1ccc(C)cc1. The minimum atomic E-state index is -0.541. The van der Waals surface area contributed by atoms with Crippen molar-refractivity contribution in [2.24, 2.45) is 5.73 Å². The van der Waals surface area contributed by atoms with Crippen molar-refractivity contribution in [2.75, 3.05) is 13.1 Å². The summed E-state index contributed by atoms with van der Waals surface area (Å²) in [4.78, 5) is 13.7. The van der Waals surface area contributed by atoms with Crippen molar-refractivity contribution >= 4 is 5.91 Å². The molecule has 0 radical (unpaired) electrons. The highest BCUT2D eigenvalue weighted by Crippen LogP contribution is 2.14. The quantitative estimate of drug-likeness (QED) is 0.842. The van der Waals surface area contributed by atoms with Crippen LogP contribution in [0.5, 0.6) is 0 Å². The maximum absolute atomic E-state index is 12.0. The summed E-state index contributed by atoms with van der Waals surface area (Å²) >= 11 is 0. The van der Waals surface area contributed by atoms with Crippen molar-refractivity contribution in [1.82, 2.24) is 4.90 Å². The highest BCUT2D eigenvalue weighted by atomic mass is 16.2. The van der Waals surface area contributed by atoms with E-state index in [1.54, 1.807) is 4.90 Å². The molecule has 0 fully saturated rings. The van der Waals surface area contributed by atoms with E-state index in [1.807, 2.05) is 45.0 Å². The molecule has 0 aliphatic rings. The number of rotatable bonds is 4. The predicted octanol–water partition coefficient (Wildman–Crippen LogP) is 1.86. The Morgan fingerprint density at radius 2 is 1.75 bits per heavy atom. The van der Waals surface area contributed by atoms with E-state index < -0.39 is 6.04 Å². The van der Waals surface area contributed by atoms with Crippen LogP contribution in [0.3, 0.4) is 0 Å². The Hall–Kier alpha value is -1.35. The second-order valence-electron chi connectivity index (χ2n) is 3.90. The van der Waals surface area contributed by atoms with Gasteiger partial charge < -0.3 is 10.6 Å². The van der Waals surface area contributed by atoms with Crippen LogP contribution < -0.4 is 5.73 Å². The third-order valence-corrected chi connectivity index (χ3v) is 2.78. The van der Waals surface area contributed by atoms with E-state index in [0.29, 0.717) is 13.1 Å². The zero-order valence-electron chi connectivity index (χ0n) is 10.2. The fourth-order valence-electron chi connectivity index (χ4n) is 1.65. The molecular weight excluding hydrogens is 200 g/mol. The third-order valence-electron chi connectivity index (χ3n) is 2.78. The fourth-order valence-corrected chi connectivity index (χ4v) is 1.65. The smallest absolute Gasteiger partial charge is 0.244 e. The van der Waals surface area contributed by atoms with E-state index in [9.17, 15) is 4.79 Å². The molecule has 1 amide bonds. The molecule has 1 atom stereocenters. The lowest BCUT2D eigenvalue weighted by Gasteiger charge is -2.22. The first-order valence-electron chi connectivity index (χ1n) is 5.71. The molecule has 1 rings (SSSR count). The predicted molar refractivity (Wildman–Crippen MR) is 66.0 cm³/mol. The van der Waals surface area contributed by atoms with Crippen molar-refractivity contribution in [1.29, 1.82) is 0 Å². The summed E-state index contributed by atoms with van der Waals surface area (Å²) in [6.07, 6.45) is 0. The van der Waals surface area contributed by atoms with E-state index in [4.69, 9.17) is 5.73 Å². The minimum absolute atomic E-state index is 0.00569. The van der Waals surface area contributed by atoms with Crippen molar-refractivity contribution in [3.8, 4) is 0 Å². The molecule has 3 nitrogen and oxygen atoms in total. The molecule has 2 N–H and O–H groups in total. The van der Waals surface area contributed by atoms with Crippen LogP contribution in [0, 0.1) is 6.92 Å². The summed E-state index contributed by atoms with van der Waals surface area (Å²) < 4.78 is 0. The van der Waals surface area contributed by atoms with Crippen molar-refractivity contribution in [2.45, 2.75) is 26.8 Å². The first-order valence-corrected chi connectivity index (χ1v) is 5.71. The standard InChI is InChI=1S/C13H20N2O/c1-4-15(5-2)13(16)12(14)11-8-6-10(3)7-9-11/h6-9,12H,4-5,14H2,1-3H3. The van der Waals surface area contributed by atoms with E-state index >= 15 is 0 Å². The van der Waals surface area contributed by atoms with Gasteiger partial charge in [-0.2, -0.15) is 0 Å². The van der Waals surface area contributed by atoms with E-state index in [2.05, 4.69) is 0 Å². The molecule has 88 valence electrons. The van der Waals surface area contributed by atoms with Gasteiger partial charge in [0.15, 0.2) is 0 Å².